The number of hydrogen-bond acceptors (Lipinski definition) is 10. The number of aliphatic hydroxyl groups excluding tert-OH is 2. The minimum Gasteiger partial charge on any atom is -0.490 e. The number of nitro groups is 1. The Morgan fingerprint density at radius 3 is 2.38 bits per heavy atom. The molecule has 6 atom stereocenters. The fourth-order valence-electron chi connectivity index (χ4n) is 10.6. The van der Waals surface area contributed by atoms with Crippen molar-refractivity contribution in [3.8, 4) is 11.5 Å². The standard InChI is InChI=1S/C57H61N3O9/c1-3-33-66-46-28-29-52-50(36-46)55-48(22-11-13-32-62)43(18-10-12-31-61)35-49-51(58-68-39-41-15-6-5-7-16-41)37-53(57(69-52,56(49)55)67-34-4-2)59(38-44-20-14-19-42-17-8-9-21-47(42)44)54(63)30-25-40-23-26-45(27-24-40)60(64)65/h3-9,14-17,19-21,23-30,35-36,43,48,53,55-56,61-62H,1-2,10-13,18,22,31-34,37-39H2. The number of oxime groups is 1. The first-order valence-electron chi connectivity index (χ1n) is 24.0. The van der Waals surface area contributed by atoms with Crippen molar-refractivity contribution in [2.45, 2.75) is 75.8 Å². The van der Waals surface area contributed by atoms with Crippen molar-refractivity contribution in [2.75, 3.05) is 26.4 Å². The molecule has 1 aliphatic heterocycles. The summed E-state index contributed by atoms with van der Waals surface area (Å²) in [6, 6.07) is 35.2. The molecule has 1 heterocycles. The number of fused-ring (bicyclic) bond motifs is 3. The molecule has 2 N–H and O–H groups in total. The number of benzene rings is 5. The molecular weight excluding hydrogens is 871 g/mol. The molecule has 358 valence electrons. The zero-order valence-electron chi connectivity index (χ0n) is 38.9. The number of unbranched alkanes of at least 4 members (excludes halogenated alkanes) is 2. The summed E-state index contributed by atoms with van der Waals surface area (Å²) in [5, 5.41) is 38.6. The number of carbonyl (C=O) groups is 1. The van der Waals surface area contributed by atoms with Crippen molar-refractivity contribution in [1.29, 1.82) is 0 Å². The summed E-state index contributed by atoms with van der Waals surface area (Å²) in [5.41, 5.74) is 4.96. The first-order valence-corrected chi connectivity index (χ1v) is 24.0. The summed E-state index contributed by atoms with van der Waals surface area (Å²) in [7, 11) is 0. The van der Waals surface area contributed by atoms with Crippen LogP contribution in [0.1, 0.15) is 73.1 Å². The fourth-order valence-corrected chi connectivity index (χ4v) is 10.6. The van der Waals surface area contributed by atoms with Crippen molar-refractivity contribution in [2.24, 2.45) is 22.9 Å². The molecule has 0 aromatic heterocycles. The maximum atomic E-state index is 15.4. The topological polar surface area (TPSA) is 153 Å². The van der Waals surface area contributed by atoms with Gasteiger partial charge in [0.15, 0.2) is 0 Å². The lowest BCUT2D eigenvalue weighted by Crippen LogP contribution is -2.70. The molecule has 69 heavy (non-hydrogen) atoms. The molecule has 0 saturated heterocycles. The molecular formula is C57H61N3O9. The Kier molecular flexibility index (Phi) is 16.2. The molecule has 1 saturated carbocycles. The third-order valence-corrected chi connectivity index (χ3v) is 13.7. The van der Waals surface area contributed by atoms with Crippen LogP contribution in [0.3, 0.4) is 0 Å². The van der Waals surface area contributed by atoms with Gasteiger partial charge in [0.2, 0.25) is 11.7 Å². The van der Waals surface area contributed by atoms with Crippen LogP contribution in [-0.2, 0) is 27.5 Å². The van der Waals surface area contributed by atoms with Crippen molar-refractivity contribution in [1.82, 2.24) is 4.90 Å². The zero-order valence-corrected chi connectivity index (χ0v) is 38.9. The molecule has 12 heteroatoms. The van der Waals surface area contributed by atoms with Crippen LogP contribution in [0, 0.1) is 27.9 Å². The highest BCUT2D eigenvalue weighted by Gasteiger charge is 2.65. The molecule has 6 unspecified atom stereocenters. The molecule has 0 spiro atoms. The Balaban J connectivity index is 1.36. The first-order chi connectivity index (χ1) is 33.8. The lowest BCUT2D eigenvalue weighted by Gasteiger charge is -2.60. The molecule has 5 aromatic rings. The van der Waals surface area contributed by atoms with Gasteiger partial charge in [-0.25, -0.2) is 0 Å². The average Bonchev–Trinajstić information content (AvgIpc) is 3.37. The van der Waals surface area contributed by atoms with Gasteiger partial charge < -0.3 is 34.2 Å². The van der Waals surface area contributed by atoms with Gasteiger partial charge in [0.25, 0.3) is 5.69 Å². The van der Waals surface area contributed by atoms with Crippen molar-refractivity contribution in [3.63, 3.8) is 0 Å². The minimum atomic E-state index is -1.51. The van der Waals surface area contributed by atoms with Gasteiger partial charge in [0, 0.05) is 55.9 Å². The van der Waals surface area contributed by atoms with E-state index >= 15 is 4.79 Å². The number of rotatable bonds is 23. The number of nitrogens with zero attached hydrogens (tertiary/aromatic N) is 3. The summed E-state index contributed by atoms with van der Waals surface area (Å²) in [6.07, 6.45) is 13.6. The van der Waals surface area contributed by atoms with E-state index in [4.69, 9.17) is 24.2 Å². The summed E-state index contributed by atoms with van der Waals surface area (Å²) in [6.45, 7) is 8.91. The van der Waals surface area contributed by atoms with E-state index in [9.17, 15) is 20.3 Å². The molecule has 1 amide bonds. The number of carbonyl (C=O) groups excluding carboxylic acids is 1. The quantitative estimate of drug-likeness (QED) is 0.0214. The number of non-ortho nitro benzene ring substituents is 1. The Hall–Kier alpha value is -6.86. The monoisotopic (exact) mass is 931 g/mol. The van der Waals surface area contributed by atoms with Gasteiger partial charge in [-0.3, -0.25) is 14.9 Å². The van der Waals surface area contributed by atoms with Crippen molar-refractivity contribution >= 4 is 34.2 Å². The summed E-state index contributed by atoms with van der Waals surface area (Å²) >= 11 is 0. The number of ether oxygens (including phenoxy) is 3. The minimum absolute atomic E-state index is 0.0162. The first kappa shape index (κ1) is 48.6. The van der Waals surface area contributed by atoms with Crippen LogP contribution in [0.5, 0.6) is 11.5 Å². The van der Waals surface area contributed by atoms with Gasteiger partial charge >= 0.3 is 0 Å². The third-order valence-electron chi connectivity index (χ3n) is 13.7. The van der Waals surface area contributed by atoms with Crippen LogP contribution >= 0.6 is 0 Å². The highest BCUT2D eigenvalue weighted by Crippen LogP contribution is 2.62. The molecule has 2 aliphatic carbocycles. The lowest BCUT2D eigenvalue weighted by molar-refractivity contribution is -0.384. The summed E-state index contributed by atoms with van der Waals surface area (Å²) < 4.78 is 20.9. The van der Waals surface area contributed by atoms with E-state index < -0.39 is 22.7 Å². The van der Waals surface area contributed by atoms with Crippen molar-refractivity contribution in [3.05, 3.63) is 191 Å². The van der Waals surface area contributed by atoms with Crippen molar-refractivity contribution < 1.29 is 39.0 Å². The van der Waals surface area contributed by atoms with Crippen LogP contribution in [0.2, 0.25) is 0 Å². The van der Waals surface area contributed by atoms with E-state index in [0.717, 1.165) is 58.7 Å². The van der Waals surface area contributed by atoms with E-state index in [1.165, 1.54) is 18.2 Å². The number of nitro benzene ring substituents is 1. The number of hydrogen-bond donors (Lipinski definition) is 2. The highest BCUT2D eigenvalue weighted by atomic mass is 16.7. The number of aliphatic hydroxyl groups is 2. The van der Waals surface area contributed by atoms with Gasteiger partial charge in [-0.15, -0.1) is 6.58 Å². The smallest absolute Gasteiger partial charge is 0.269 e. The van der Waals surface area contributed by atoms with Gasteiger partial charge in [0.1, 0.15) is 30.8 Å². The zero-order chi connectivity index (χ0) is 48.2. The molecule has 8 rings (SSSR count). The third kappa shape index (κ3) is 10.9. The molecule has 12 nitrogen and oxygen atoms in total. The van der Waals surface area contributed by atoms with Gasteiger partial charge in [-0.1, -0.05) is 116 Å². The Labute approximate surface area is 404 Å². The molecule has 0 radical (unpaired) electrons. The Morgan fingerprint density at radius 1 is 0.884 bits per heavy atom. The second-order valence-electron chi connectivity index (χ2n) is 17.9. The molecule has 1 fully saturated rings. The van der Waals surface area contributed by atoms with Crippen LogP contribution in [0.15, 0.2) is 163 Å². The largest absolute Gasteiger partial charge is 0.490 e. The maximum absolute atomic E-state index is 15.4. The van der Waals surface area contributed by atoms with E-state index in [-0.39, 0.29) is 68.7 Å². The Bertz CT molecular complexity index is 2680. The van der Waals surface area contributed by atoms with E-state index in [2.05, 4.69) is 43.5 Å². The maximum Gasteiger partial charge on any atom is 0.269 e. The predicted molar refractivity (Wildman–Crippen MR) is 269 cm³/mol. The fraction of sp³-hybridized carbons (Fsp3) is 0.333. The highest BCUT2D eigenvalue weighted by molar-refractivity contribution is 6.03. The summed E-state index contributed by atoms with van der Waals surface area (Å²) in [4.78, 5) is 34.6. The molecule has 3 aliphatic rings. The van der Waals surface area contributed by atoms with E-state index in [1.54, 1.807) is 30.4 Å². The van der Waals surface area contributed by atoms with Crippen LogP contribution in [-0.4, -0.2) is 69.9 Å². The molecule has 5 aromatic carbocycles. The predicted octanol–water partition coefficient (Wildman–Crippen LogP) is 10.9. The van der Waals surface area contributed by atoms with Gasteiger partial charge in [0.05, 0.1) is 23.2 Å². The van der Waals surface area contributed by atoms with Crippen LogP contribution in [0.4, 0.5) is 5.69 Å². The van der Waals surface area contributed by atoms with E-state index in [1.807, 2.05) is 71.6 Å². The van der Waals surface area contributed by atoms with E-state index in [0.29, 0.717) is 42.2 Å². The molecule has 0 bridgehead atoms. The second kappa shape index (κ2) is 23.0. The lowest BCUT2D eigenvalue weighted by atomic mass is 9.55. The van der Waals surface area contributed by atoms with Gasteiger partial charge in [-0.05, 0) is 107 Å². The summed E-state index contributed by atoms with van der Waals surface area (Å²) in [5.74, 6) is -1.30. The average molecular weight is 932 g/mol. The number of allylic oxidation sites excluding steroid dienone is 1. The Morgan fingerprint density at radius 2 is 1.62 bits per heavy atom. The normalized spacial score (nSPS) is 22.0. The van der Waals surface area contributed by atoms with Crippen LogP contribution < -0.4 is 9.47 Å². The van der Waals surface area contributed by atoms with Gasteiger partial charge in [-0.2, -0.15) is 0 Å². The SMILES string of the molecule is C=CCOc1ccc2c(c1)C1C(CCCCO)C(CCCCO)C=C3C(=NOCc4ccccc4)CC(N(Cc4cccc5ccccc45)C(=O)C=Cc4ccc([N+](=O)[O-])cc4)C(OCC=C)(O2)C31. The number of amides is 1. The van der Waals surface area contributed by atoms with Crippen LogP contribution in [0.25, 0.3) is 16.8 Å². The second-order valence-corrected chi connectivity index (χ2v) is 17.9.